The van der Waals surface area contributed by atoms with Crippen molar-refractivity contribution >= 4 is 60.5 Å². The van der Waals surface area contributed by atoms with Crippen molar-refractivity contribution in [1.29, 1.82) is 0 Å². The van der Waals surface area contributed by atoms with Crippen LogP contribution in [0.4, 0.5) is 17.1 Å². The second kappa shape index (κ2) is 12.1. The van der Waals surface area contributed by atoms with Crippen LogP contribution in [0.15, 0.2) is 192 Å². The van der Waals surface area contributed by atoms with Crippen molar-refractivity contribution in [3.05, 3.63) is 199 Å². The molecule has 0 saturated heterocycles. The molecule has 0 radical (unpaired) electrons. The quantitative estimate of drug-likeness (QED) is 0.177. The number of hydrogen-bond acceptors (Lipinski definition) is 2. The molecule has 10 aromatic rings. The first-order valence-electron chi connectivity index (χ1n) is 19.1. The van der Waals surface area contributed by atoms with Crippen LogP contribution < -0.4 is 4.90 Å². The van der Waals surface area contributed by atoms with Gasteiger partial charge >= 0.3 is 0 Å². The number of rotatable bonds is 5. The Morgan fingerprint density at radius 1 is 0.364 bits per heavy atom. The van der Waals surface area contributed by atoms with Gasteiger partial charge in [-0.25, -0.2) is 0 Å². The molecule has 0 unspecified atom stereocenters. The van der Waals surface area contributed by atoms with E-state index in [-0.39, 0.29) is 5.41 Å². The average molecular weight is 704 g/mol. The molecule has 1 aliphatic carbocycles. The van der Waals surface area contributed by atoms with Crippen molar-refractivity contribution in [2.24, 2.45) is 0 Å². The Bertz CT molecular complexity index is 3110. The highest BCUT2D eigenvalue weighted by molar-refractivity contribution is 6.12. The van der Waals surface area contributed by atoms with Gasteiger partial charge in [-0.2, -0.15) is 0 Å². The SMILES string of the molecule is CC1(C)c2ccccc2-c2ccc(N(c3ccc(-c4ccc5ccccc5c4)cc3)c3ccc(-c4cccc5cc6oc7ccccc7c6cc45)cc3)cc21. The van der Waals surface area contributed by atoms with Gasteiger partial charge in [0, 0.05) is 33.2 Å². The highest BCUT2D eigenvalue weighted by Gasteiger charge is 2.35. The molecule has 0 aliphatic heterocycles. The van der Waals surface area contributed by atoms with E-state index in [1.165, 1.54) is 66.1 Å². The van der Waals surface area contributed by atoms with E-state index >= 15 is 0 Å². The third kappa shape index (κ3) is 5.02. The fourth-order valence-corrected chi connectivity index (χ4v) is 8.99. The molecule has 0 amide bonds. The van der Waals surface area contributed by atoms with Crippen LogP contribution in [0.3, 0.4) is 0 Å². The number of fused-ring (bicyclic) bond motifs is 8. The normalized spacial score (nSPS) is 13.1. The molecule has 1 aliphatic rings. The Balaban J connectivity index is 1.02. The minimum atomic E-state index is -0.0997. The Hall–Kier alpha value is -6.90. The van der Waals surface area contributed by atoms with Gasteiger partial charge in [-0.1, -0.05) is 141 Å². The maximum Gasteiger partial charge on any atom is 0.136 e. The highest BCUT2D eigenvalue weighted by atomic mass is 16.3. The molecule has 1 heterocycles. The molecule has 2 nitrogen and oxygen atoms in total. The first-order valence-corrected chi connectivity index (χ1v) is 19.1. The molecule has 0 fully saturated rings. The largest absolute Gasteiger partial charge is 0.456 e. The van der Waals surface area contributed by atoms with E-state index in [1.54, 1.807) is 0 Å². The van der Waals surface area contributed by atoms with Crippen molar-refractivity contribution < 1.29 is 4.42 Å². The molecule has 2 heteroatoms. The lowest BCUT2D eigenvalue weighted by Gasteiger charge is -2.28. The summed E-state index contributed by atoms with van der Waals surface area (Å²) in [5.41, 5.74) is 15.3. The van der Waals surface area contributed by atoms with Crippen LogP contribution in [0.1, 0.15) is 25.0 Å². The molecular formula is C53H37NO. The van der Waals surface area contributed by atoms with Crippen LogP contribution in [0.25, 0.3) is 76.9 Å². The smallest absolute Gasteiger partial charge is 0.136 e. The molecular weight excluding hydrogens is 667 g/mol. The third-order valence-corrected chi connectivity index (χ3v) is 11.8. The van der Waals surface area contributed by atoms with Gasteiger partial charge in [0.1, 0.15) is 11.2 Å². The van der Waals surface area contributed by atoms with Crippen molar-refractivity contribution in [3.8, 4) is 33.4 Å². The van der Waals surface area contributed by atoms with Gasteiger partial charge in [0.2, 0.25) is 0 Å². The monoisotopic (exact) mass is 703 g/mol. The van der Waals surface area contributed by atoms with E-state index < -0.39 is 0 Å². The summed E-state index contributed by atoms with van der Waals surface area (Å²) in [6.07, 6.45) is 0. The minimum absolute atomic E-state index is 0.0997. The van der Waals surface area contributed by atoms with Crippen LogP contribution >= 0.6 is 0 Å². The predicted octanol–water partition coefficient (Wildman–Crippen LogP) is 15.0. The number of furan rings is 1. The van der Waals surface area contributed by atoms with Crippen LogP contribution in [-0.4, -0.2) is 0 Å². The van der Waals surface area contributed by atoms with Gasteiger partial charge in [-0.05, 0) is 127 Å². The predicted molar refractivity (Wildman–Crippen MR) is 232 cm³/mol. The molecule has 260 valence electrons. The summed E-state index contributed by atoms with van der Waals surface area (Å²) in [4.78, 5) is 2.40. The van der Waals surface area contributed by atoms with Gasteiger partial charge in [0.15, 0.2) is 0 Å². The Kier molecular flexibility index (Phi) is 6.93. The summed E-state index contributed by atoms with van der Waals surface area (Å²) in [5.74, 6) is 0. The topological polar surface area (TPSA) is 16.4 Å². The number of anilines is 3. The summed E-state index contributed by atoms with van der Waals surface area (Å²) in [7, 11) is 0. The van der Waals surface area contributed by atoms with Crippen molar-refractivity contribution in [1.82, 2.24) is 0 Å². The van der Waals surface area contributed by atoms with Gasteiger partial charge in [0.05, 0.1) is 0 Å². The van der Waals surface area contributed by atoms with Crippen LogP contribution in [0.5, 0.6) is 0 Å². The zero-order chi connectivity index (χ0) is 36.7. The van der Waals surface area contributed by atoms with E-state index in [2.05, 4.69) is 195 Å². The first-order chi connectivity index (χ1) is 27.0. The second-order valence-electron chi connectivity index (χ2n) is 15.4. The fourth-order valence-electron chi connectivity index (χ4n) is 8.99. The molecule has 11 rings (SSSR count). The zero-order valence-corrected chi connectivity index (χ0v) is 30.8. The van der Waals surface area contributed by atoms with Gasteiger partial charge < -0.3 is 9.32 Å². The lowest BCUT2D eigenvalue weighted by molar-refractivity contribution is 0.660. The van der Waals surface area contributed by atoms with E-state index in [9.17, 15) is 0 Å². The summed E-state index contributed by atoms with van der Waals surface area (Å²) < 4.78 is 6.24. The standard InChI is InChI=1S/C53H37NO/c1-53(2)49-16-7-5-13-44(49)45-29-28-42(32-50(45)53)54(40-24-20-35(21-25-40)38-19-18-34-10-3-4-11-37(34)30-38)41-26-22-36(23-27-41)43-15-9-12-39-31-52-48(33-47(39)43)46-14-6-8-17-51(46)55-52/h3-33H,1-2H3. The minimum Gasteiger partial charge on any atom is -0.456 e. The summed E-state index contributed by atoms with van der Waals surface area (Å²) >= 11 is 0. The summed E-state index contributed by atoms with van der Waals surface area (Å²) in [6.45, 7) is 4.70. The molecule has 55 heavy (non-hydrogen) atoms. The third-order valence-electron chi connectivity index (χ3n) is 11.8. The van der Waals surface area contributed by atoms with E-state index in [0.29, 0.717) is 0 Å². The molecule has 9 aromatic carbocycles. The molecule has 0 N–H and O–H groups in total. The lowest BCUT2D eigenvalue weighted by Crippen LogP contribution is -2.16. The highest BCUT2D eigenvalue weighted by Crippen LogP contribution is 2.51. The summed E-state index contributed by atoms with van der Waals surface area (Å²) in [5, 5.41) is 7.19. The van der Waals surface area contributed by atoms with Crippen molar-refractivity contribution in [2.75, 3.05) is 4.90 Å². The number of benzene rings is 9. The van der Waals surface area contributed by atoms with E-state index in [0.717, 1.165) is 39.0 Å². The number of para-hydroxylation sites is 1. The van der Waals surface area contributed by atoms with E-state index in [1.807, 2.05) is 12.1 Å². The van der Waals surface area contributed by atoms with Crippen LogP contribution in [-0.2, 0) is 5.41 Å². The zero-order valence-electron chi connectivity index (χ0n) is 30.8. The number of hydrogen-bond donors (Lipinski definition) is 0. The fraction of sp³-hybridized carbons (Fsp3) is 0.0566. The molecule has 0 saturated carbocycles. The van der Waals surface area contributed by atoms with Crippen molar-refractivity contribution in [2.45, 2.75) is 19.3 Å². The van der Waals surface area contributed by atoms with Crippen LogP contribution in [0, 0.1) is 0 Å². The molecule has 1 aromatic heterocycles. The van der Waals surface area contributed by atoms with Gasteiger partial charge in [-0.3, -0.25) is 0 Å². The lowest BCUT2D eigenvalue weighted by atomic mass is 9.82. The summed E-state index contributed by atoms with van der Waals surface area (Å²) in [6, 6.07) is 68.6. The maximum absolute atomic E-state index is 6.24. The van der Waals surface area contributed by atoms with Crippen LogP contribution in [0.2, 0.25) is 0 Å². The Morgan fingerprint density at radius 2 is 1.00 bits per heavy atom. The van der Waals surface area contributed by atoms with Gasteiger partial charge in [-0.15, -0.1) is 0 Å². The maximum atomic E-state index is 6.24. The average Bonchev–Trinajstić information content (AvgIpc) is 3.71. The number of nitrogens with zero attached hydrogens (tertiary/aromatic N) is 1. The van der Waals surface area contributed by atoms with E-state index in [4.69, 9.17) is 4.42 Å². The Morgan fingerprint density at radius 3 is 1.84 bits per heavy atom. The Labute approximate surface area is 320 Å². The molecule has 0 bridgehead atoms. The second-order valence-corrected chi connectivity index (χ2v) is 15.4. The first kappa shape index (κ1) is 31.6. The van der Waals surface area contributed by atoms with Crippen molar-refractivity contribution in [3.63, 3.8) is 0 Å². The molecule has 0 spiro atoms. The van der Waals surface area contributed by atoms with Gasteiger partial charge in [0.25, 0.3) is 0 Å². The molecule has 0 atom stereocenters.